The molecule has 0 radical (unpaired) electrons. The third-order valence-corrected chi connectivity index (χ3v) is 5.63. The van der Waals surface area contributed by atoms with Gasteiger partial charge in [0.25, 0.3) is 0 Å². The van der Waals surface area contributed by atoms with E-state index < -0.39 is 0 Å². The van der Waals surface area contributed by atoms with Gasteiger partial charge in [0.2, 0.25) is 6.41 Å². The van der Waals surface area contributed by atoms with Crippen molar-refractivity contribution >= 4 is 12.4 Å². The van der Waals surface area contributed by atoms with Crippen molar-refractivity contribution in [3.63, 3.8) is 0 Å². The molecule has 156 valence electrons. The van der Waals surface area contributed by atoms with Crippen molar-refractivity contribution in [3.8, 4) is 0 Å². The lowest BCUT2D eigenvalue weighted by molar-refractivity contribution is -0.174. The minimum Gasteiger partial charge on any atom is -0.335 e. The highest BCUT2D eigenvalue weighted by molar-refractivity contribution is 5.75. The van der Waals surface area contributed by atoms with E-state index in [1.54, 1.807) is 0 Å². The van der Waals surface area contributed by atoms with Gasteiger partial charge in [-0.3, -0.25) is 9.63 Å². The lowest BCUT2D eigenvalue weighted by Crippen LogP contribution is -2.51. The number of amides is 3. The first-order valence-corrected chi connectivity index (χ1v) is 10.7. The largest absolute Gasteiger partial charge is 0.335 e. The summed E-state index contributed by atoms with van der Waals surface area (Å²) in [5, 5.41) is 4.63. The molecule has 0 spiro atoms. The van der Waals surface area contributed by atoms with Crippen LogP contribution in [-0.2, 0) is 9.63 Å². The van der Waals surface area contributed by atoms with Gasteiger partial charge in [-0.05, 0) is 65.6 Å². The second kappa shape index (κ2) is 12.2. The Morgan fingerprint density at radius 3 is 2.56 bits per heavy atom. The van der Waals surface area contributed by atoms with E-state index in [-0.39, 0.29) is 12.1 Å². The van der Waals surface area contributed by atoms with Gasteiger partial charge in [-0.15, -0.1) is 0 Å². The van der Waals surface area contributed by atoms with Crippen molar-refractivity contribution in [2.45, 2.75) is 76.3 Å². The first-order chi connectivity index (χ1) is 13.1. The van der Waals surface area contributed by atoms with Gasteiger partial charge in [-0.25, -0.2) is 9.86 Å². The number of urea groups is 1. The molecule has 1 aliphatic heterocycles. The van der Waals surface area contributed by atoms with E-state index in [1.807, 2.05) is 19.0 Å². The van der Waals surface area contributed by atoms with E-state index >= 15 is 0 Å². The van der Waals surface area contributed by atoms with Crippen LogP contribution in [0.15, 0.2) is 0 Å². The molecule has 2 aliphatic rings. The number of nitrogens with one attached hydrogen (secondary N) is 1. The Morgan fingerprint density at radius 1 is 1.11 bits per heavy atom. The average Bonchev–Trinajstić information content (AvgIpc) is 2.67. The summed E-state index contributed by atoms with van der Waals surface area (Å²) < 4.78 is 0. The average molecular weight is 383 g/mol. The lowest BCUT2D eigenvalue weighted by atomic mass is 9.95. The summed E-state index contributed by atoms with van der Waals surface area (Å²) in [4.78, 5) is 33.6. The standard InChI is InChI=1S/C20H38N4O3/c1-22(2)13-8-14-23(17-25)27-16-12-19-11-6-7-15-24(19)20(26)21-18-9-4-3-5-10-18/h17-19H,3-16H2,1-2H3,(H,21,26). The molecule has 0 aromatic heterocycles. The first kappa shape index (κ1) is 22.0. The molecule has 0 aromatic rings. The van der Waals surface area contributed by atoms with Crippen molar-refractivity contribution in [3.05, 3.63) is 0 Å². The molecule has 1 N–H and O–H groups in total. The molecule has 0 aromatic carbocycles. The molecule has 1 saturated heterocycles. The Morgan fingerprint density at radius 2 is 1.85 bits per heavy atom. The number of nitrogens with zero attached hydrogens (tertiary/aromatic N) is 3. The second-order valence-electron chi connectivity index (χ2n) is 8.15. The van der Waals surface area contributed by atoms with E-state index in [2.05, 4.69) is 10.2 Å². The molecule has 0 bridgehead atoms. The fraction of sp³-hybridized carbons (Fsp3) is 0.900. The molecule has 1 saturated carbocycles. The smallest absolute Gasteiger partial charge is 0.317 e. The maximum Gasteiger partial charge on any atom is 0.317 e. The third kappa shape index (κ3) is 8.05. The number of hydroxylamine groups is 2. The van der Waals surface area contributed by atoms with Gasteiger partial charge >= 0.3 is 6.03 Å². The quantitative estimate of drug-likeness (QED) is 0.466. The van der Waals surface area contributed by atoms with Gasteiger partial charge < -0.3 is 15.1 Å². The molecule has 1 unspecified atom stereocenters. The van der Waals surface area contributed by atoms with Crippen LogP contribution in [0.2, 0.25) is 0 Å². The van der Waals surface area contributed by atoms with Crippen LogP contribution in [0.5, 0.6) is 0 Å². The fourth-order valence-electron chi connectivity index (χ4n) is 4.07. The number of hydrogen-bond acceptors (Lipinski definition) is 4. The summed E-state index contributed by atoms with van der Waals surface area (Å²) in [6.07, 6.45) is 11.6. The second-order valence-corrected chi connectivity index (χ2v) is 8.15. The molecular weight excluding hydrogens is 344 g/mol. The first-order valence-electron chi connectivity index (χ1n) is 10.7. The van der Waals surface area contributed by atoms with Crippen LogP contribution in [0.25, 0.3) is 0 Å². The fourth-order valence-corrected chi connectivity index (χ4v) is 4.07. The summed E-state index contributed by atoms with van der Waals surface area (Å²) in [7, 11) is 4.03. The molecule has 7 heteroatoms. The Hall–Kier alpha value is -1.34. The van der Waals surface area contributed by atoms with Crippen LogP contribution in [0.1, 0.15) is 64.2 Å². The number of rotatable bonds is 10. The molecule has 27 heavy (non-hydrogen) atoms. The van der Waals surface area contributed by atoms with Crippen LogP contribution >= 0.6 is 0 Å². The van der Waals surface area contributed by atoms with Crippen molar-refractivity contribution < 1.29 is 14.4 Å². The Labute approximate surface area is 164 Å². The number of carbonyl (C=O) groups is 2. The molecule has 2 fully saturated rings. The summed E-state index contributed by atoms with van der Waals surface area (Å²) in [5.41, 5.74) is 0. The van der Waals surface area contributed by atoms with E-state index in [9.17, 15) is 9.59 Å². The Balaban J connectivity index is 1.73. The molecule has 1 aliphatic carbocycles. The summed E-state index contributed by atoms with van der Waals surface area (Å²) in [6.45, 7) is 2.81. The number of carbonyl (C=O) groups excluding carboxylic acids is 2. The van der Waals surface area contributed by atoms with Crippen LogP contribution in [0.3, 0.4) is 0 Å². The Kier molecular flexibility index (Phi) is 9.91. The lowest BCUT2D eigenvalue weighted by Gasteiger charge is -2.37. The Bertz CT molecular complexity index is 441. The van der Waals surface area contributed by atoms with Crippen LogP contribution in [0.4, 0.5) is 4.79 Å². The maximum absolute atomic E-state index is 12.7. The predicted molar refractivity (Wildman–Crippen MR) is 106 cm³/mol. The van der Waals surface area contributed by atoms with Crippen molar-refractivity contribution in [1.29, 1.82) is 0 Å². The van der Waals surface area contributed by atoms with Crippen LogP contribution in [-0.4, -0.2) is 79.7 Å². The van der Waals surface area contributed by atoms with Gasteiger partial charge in [0.05, 0.1) is 6.61 Å². The highest BCUT2D eigenvalue weighted by atomic mass is 16.7. The van der Waals surface area contributed by atoms with Crippen LogP contribution < -0.4 is 5.32 Å². The number of hydrogen-bond donors (Lipinski definition) is 1. The highest BCUT2D eigenvalue weighted by Gasteiger charge is 2.28. The summed E-state index contributed by atoms with van der Waals surface area (Å²) in [5.74, 6) is 0. The molecule has 7 nitrogen and oxygen atoms in total. The van der Waals surface area contributed by atoms with E-state index in [1.165, 1.54) is 24.3 Å². The SMILES string of the molecule is CN(C)CCCN(C=O)OCCC1CCCCN1C(=O)NC1CCCCC1. The summed E-state index contributed by atoms with van der Waals surface area (Å²) in [6, 6.07) is 0.634. The topological polar surface area (TPSA) is 65.1 Å². The maximum atomic E-state index is 12.7. The van der Waals surface area contributed by atoms with Gasteiger partial charge in [0, 0.05) is 25.2 Å². The molecule has 3 amide bonds. The van der Waals surface area contributed by atoms with E-state index in [0.717, 1.165) is 64.4 Å². The molecule has 1 atom stereocenters. The monoisotopic (exact) mass is 382 g/mol. The zero-order chi connectivity index (χ0) is 19.5. The number of likely N-dealkylation sites (tertiary alicyclic amines) is 1. The predicted octanol–water partition coefficient (Wildman–Crippen LogP) is 2.62. The summed E-state index contributed by atoms with van der Waals surface area (Å²) >= 11 is 0. The van der Waals surface area contributed by atoms with Gasteiger partial charge in [-0.2, -0.15) is 0 Å². The van der Waals surface area contributed by atoms with Crippen LogP contribution in [0, 0.1) is 0 Å². The molecule has 2 rings (SSSR count). The van der Waals surface area contributed by atoms with Gasteiger partial charge in [0.15, 0.2) is 0 Å². The van der Waals surface area contributed by atoms with Gasteiger partial charge in [-0.1, -0.05) is 19.3 Å². The molecular formula is C20H38N4O3. The third-order valence-electron chi connectivity index (χ3n) is 5.63. The van der Waals surface area contributed by atoms with Crippen molar-refractivity contribution in [1.82, 2.24) is 20.2 Å². The van der Waals surface area contributed by atoms with E-state index in [4.69, 9.17) is 4.84 Å². The zero-order valence-corrected chi connectivity index (χ0v) is 17.2. The minimum absolute atomic E-state index is 0.0878. The molecule has 1 heterocycles. The zero-order valence-electron chi connectivity index (χ0n) is 17.2. The minimum atomic E-state index is 0.0878. The number of piperidine rings is 1. The van der Waals surface area contributed by atoms with Crippen molar-refractivity contribution in [2.24, 2.45) is 0 Å². The highest BCUT2D eigenvalue weighted by Crippen LogP contribution is 2.22. The normalized spacial score (nSPS) is 21.3. The van der Waals surface area contributed by atoms with E-state index in [0.29, 0.717) is 19.2 Å². The van der Waals surface area contributed by atoms with Gasteiger partial charge in [0.1, 0.15) is 0 Å². The van der Waals surface area contributed by atoms with Crippen molar-refractivity contribution in [2.75, 3.05) is 40.3 Å².